The molecule has 3 heteroatoms. The average molecular weight is 430 g/mol. The van der Waals surface area contributed by atoms with E-state index in [1.54, 1.807) is 24.3 Å². The molecule has 1 aliphatic rings. The topological polar surface area (TPSA) is 73.7 Å². The summed E-state index contributed by atoms with van der Waals surface area (Å²) in [5.74, 6) is 0. The van der Waals surface area contributed by atoms with Crippen LogP contribution in [0.15, 0.2) is 72.8 Å². The van der Waals surface area contributed by atoms with E-state index in [0.29, 0.717) is 0 Å². The highest BCUT2D eigenvalue weighted by Gasteiger charge is 2.30. The Labute approximate surface area is 194 Å². The summed E-state index contributed by atoms with van der Waals surface area (Å²) < 4.78 is 0. The number of anilines is 1. The van der Waals surface area contributed by atoms with E-state index >= 15 is 0 Å². The van der Waals surface area contributed by atoms with E-state index < -0.39 is 0 Å². The van der Waals surface area contributed by atoms with Crippen LogP contribution in [0.4, 0.5) is 5.69 Å². The molecule has 32 heavy (non-hydrogen) atoms. The van der Waals surface area contributed by atoms with Crippen molar-refractivity contribution in [3.05, 3.63) is 89.5 Å². The largest absolute Gasteiger partial charge is 0.399 e. The molecule has 3 rings (SSSR count). The lowest BCUT2D eigenvalue weighted by molar-refractivity contribution is 0.284. The molecule has 0 aromatic heterocycles. The lowest BCUT2D eigenvalue weighted by atomic mass is 9.70. The summed E-state index contributed by atoms with van der Waals surface area (Å²) in [5.41, 5.74) is 12.0. The fraction of sp³-hybridized carbons (Fsp3) is 0.379. The summed E-state index contributed by atoms with van der Waals surface area (Å²) in [4.78, 5) is 0. The minimum Gasteiger partial charge on any atom is -0.399 e. The molecular weight excluding hydrogens is 390 g/mol. The Hall–Kier alpha value is -2.94. The Morgan fingerprint density at radius 3 is 1.66 bits per heavy atom. The first-order chi connectivity index (χ1) is 14.7. The molecule has 0 amide bonds. The van der Waals surface area contributed by atoms with Crippen LogP contribution in [0.5, 0.6) is 0 Å². The van der Waals surface area contributed by atoms with Crippen molar-refractivity contribution in [1.29, 1.82) is 10.8 Å². The van der Waals surface area contributed by atoms with Gasteiger partial charge in [-0.2, -0.15) is 0 Å². The number of nitrogens with two attached hydrogens (primary N) is 1. The van der Waals surface area contributed by atoms with Crippen molar-refractivity contribution < 1.29 is 0 Å². The van der Waals surface area contributed by atoms with Crippen molar-refractivity contribution >= 4 is 17.1 Å². The van der Waals surface area contributed by atoms with Crippen molar-refractivity contribution in [3.63, 3.8) is 0 Å². The maximum absolute atomic E-state index is 7.03. The van der Waals surface area contributed by atoms with Gasteiger partial charge in [-0.25, -0.2) is 0 Å². The molecule has 0 unspecified atom stereocenters. The zero-order valence-electron chi connectivity index (χ0n) is 20.7. The summed E-state index contributed by atoms with van der Waals surface area (Å²) in [5, 5.41) is 14.1. The summed E-state index contributed by atoms with van der Waals surface area (Å²) in [6.45, 7) is 16.1. The second-order valence-electron chi connectivity index (χ2n) is 11.0. The van der Waals surface area contributed by atoms with Gasteiger partial charge in [-0.05, 0) is 58.2 Å². The van der Waals surface area contributed by atoms with E-state index in [4.69, 9.17) is 16.6 Å². The number of allylic oxidation sites excluding steroid dienone is 4. The predicted molar refractivity (Wildman–Crippen MR) is 140 cm³/mol. The third-order valence-corrected chi connectivity index (χ3v) is 5.85. The van der Waals surface area contributed by atoms with Gasteiger partial charge in [0.25, 0.3) is 0 Å². The highest BCUT2D eigenvalue weighted by atomic mass is 14.6. The molecule has 0 bridgehead atoms. The maximum Gasteiger partial charge on any atom is 0.0789 e. The Morgan fingerprint density at radius 2 is 1.19 bits per heavy atom. The first-order valence-electron chi connectivity index (χ1n) is 11.2. The summed E-state index contributed by atoms with van der Waals surface area (Å²) in [6.07, 6.45) is 7.82. The number of hydrogen-bond acceptors (Lipinski definition) is 3. The Balaban J connectivity index is 0.000000380. The van der Waals surface area contributed by atoms with Crippen LogP contribution in [0, 0.1) is 16.2 Å². The standard InChI is InChI=1S/C23H33N.C6H6N2/c1-21(2,3)16-22(4,5)18-13-19(15-20(24)14-18)23(6,7)17-11-9-8-10-12-17;7-5-3-1-2-4-6(5)8/h8-15H,16,24H2,1-7H3;1-4,7-8H. The number of benzene rings is 2. The Bertz CT molecular complexity index is 994. The average Bonchev–Trinajstić information content (AvgIpc) is 2.69. The molecule has 0 spiro atoms. The van der Waals surface area contributed by atoms with E-state index in [-0.39, 0.29) is 27.7 Å². The number of hydrogen-bond donors (Lipinski definition) is 3. The third kappa shape index (κ3) is 6.78. The molecule has 0 atom stereocenters. The zero-order chi connectivity index (χ0) is 24.2. The van der Waals surface area contributed by atoms with E-state index in [2.05, 4.69) is 97.0 Å². The van der Waals surface area contributed by atoms with Crippen molar-refractivity contribution in [2.24, 2.45) is 5.41 Å². The minimum absolute atomic E-state index is 0.0663. The molecule has 0 radical (unpaired) electrons. The Kier molecular flexibility index (Phi) is 7.66. The minimum atomic E-state index is -0.0663. The van der Waals surface area contributed by atoms with Gasteiger partial charge in [0, 0.05) is 11.1 Å². The number of nitrogens with one attached hydrogen (secondary N) is 2. The third-order valence-electron chi connectivity index (χ3n) is 5.85. The van der Waals surface area contributed by atoms with Crippen LogP contribution in [-0.2, 0) is 10.8 Å². The molecule has 4 N–H and O–H groups in total. The number of rotatable bonds is 4. The lowest BCUT2D eigenvalue weighted by Crippen LogP contribution is -2.26. The fourth-order valence-corrected chi connectivity index (χ4v) is 4.34. The second-order valence-corrected chi connectivity index (χ2v) is 11.0. The molecule has 0 fully saturated rings. The zero-order valence-corrected chi connectivity index (χ0v) is 20.7. The Morgan fingerprint density at radius 1 is 0.688 bits per heavy atom. The molecule has 2 aromatic rings. The normalized spacial score (nSPS) is 14.2. The maximum atomic E-state index is 7.03. The van der Waals surface area contributed by atoms with Gasteiger partial charge < -0.3 is 5.73 Å². The first-order valence-corrected chi connectivity index (χ1v) is 11.2. The van der Waals surface area contributed by atoms with Gasteiger partial charge in [0.15, 0.2) is 0 Å². The smallest absolute Gasteiger partial charge is 0.0789 e. The van der Waals surface area contributed by atoms with E-state index in [0.717, 1.165) is 12.1 Å². The van der Waals surface area contributed by atoms with Crippen LogP contribution in [0.25, 0.3) is 0 Å². The van der Waals surface area contributed by atoms with Crippen LogP contribution in [-0.4, -0.2) is 11.4 Å². The van der Waals surface area contributed by atoms with Crippen LogP contribution < -0.4 is 5.73 Å². The molecule has 3 nitrogen and oxygen atoms in total. The second kappa shape index (κ2) is 9.68. The molecule has 0 heterocycles. The van der Waals surface area contributed by atoms with Gasteiger partial charge in [0.2, 0.25) is 0 Å². The van der Waals surface area contributed by atoms with Gasteiger partial charge in [0.05, 0.1) is 11.4 Å². The van der Waals surface area contributed by atoms with Crippen molar-refractivity contribution in [2.45, 2.75) is 65.7 Å². The lowest BCUT2D eigenvalue weighted by Gasteiger charge is -2.35. The van der Waals surface area contributed by atoms with Gasteiger partial charge >= 0.3 is 0 Å². The van der Waals surface area contributed by atoms with Crippen LogP contribution in [0.1, 0.15) is 71.6 Å². The predicted octanol–water partition coefficient (Wildman–Crippen LogP) is 7.46. The molecule has 1 aliphatic carbocycles. The summed E-state index contributed by atoms with van der Waals surface area (Å²) in [7, 11) is 0. The molecule has 0 saturated heterocycles. The molecule has 0 saturated carbocycles. The summed E-state index contributed by atoms with van der Waals surface area (Å²) >= 11 is 0. The molecule has 170 valence electrons. The highest BCUT2D eigenvalue weighted by Crippen LogP contribution is 2.40. The van der Waals surface area contributed by atoms with E-state index in [1.807, 2.05) is 0 Å². The van der Waals surface area contributed by atoms with Crippen LogP contribution in [0.2, 0.25) is 0 Å². The van der Waals surface area contributed by atoms with Gasteiger partial charge in [-0.3, -0.25) is 10.8 Å². The van der Waals surface area contributed by atoms with E-state index in [9.17, 15) is 0 Å². The van der Waals surface area contributed by atoms with Crippen molar-refractivity contribution in [2.75, 3.05) is 5.73 Å². The van der Waals surface area contributed by atoms with Gasteiger partial charge in [-0.1, -0.05) is 97.0 Å². The molecule has 0 aliphatic heterocycles. The van der Waals surface area contributed by atoms with Gasteiger partial charge in [-0.15, -0.1) is 0 Å². The van der Waals surface area contributed by atoms with Gasteiger partial charge in [0.1, 0.15) is 0 Å². The SMILES string of the molecule is CC(C)(C)CC(C)(C)c1cc(N)cc(C(C)(C)c2ccccc2)c1.N=C1C=CC=CC1=N. The first kappa shape index (κ1) is 25.3. The summed E-state index contributed by atoms with van der Waals surface area (Å²) in [6, 6.07) is 17.3. The van der Waals surface area contributed by atoms with Crippen LogP contribution in [0.3, 0.4) is 0 Å². The highest BCUT2D eigenvalue weighted by molar-refractivity contribution is 6.48. The number of nitrogen functional groups attached to an aromatic ring is 1. The fourth-order valence-electron chi connectivity index (χ4n) is 4.34. The van der Waals surface area contributed by atoms with Crippen molar-refractivity contribution in [3.8, 4) is 0 Å². The quantitative estimate of drug-likeness (QED) is 0.342. The molecular formula is C29H39N3. The molecule has 2 aromatic carbocycles. The van der Waals surface area contributed by atoms with Crippen molar-refractivity contribution in [1.82, 2.24) is 0 Å². The monoisotopic (exact) mass is 429 g/mol. The van der Waals surface area contributed by atoms with Crippen LogP contribution >= 0.6 is 0 Å². The van der Waals surface area contributed by atoms with E-state index in [1.165, 1.54) is 16.7 Å².